The Bertz CT molecular complexity index is 581. The summed E-state index contributed by atoms with van der Waals surface area (Å²) < 4.78 is 1.90. The van der Waals surface area contributed by atoms with Gasteiger partial charge in [-0.3, -0.25) is 9.69 Å². The van der Waals surface area contributed by atoms with Crippen molar-refractivity contribution >= 4 is 5.91 Å². The monoisotopic (exact) mass is 332 g/mol. The van der Waals surface area contributed by atoms with E-state index in [9.17, 15) is 4.79 Å². The number of piperidine rings is 2. The van der Waals surface area contributed by atoms with Gasteiger partial charge in [-0.25, -0.2) is 4.68 Å². The Hall–Kier alpha value is -1.47. The van der Waals surface area contributed by atoms with Gasteiger partial charge < -0.3 is 10.2 Å². The summed E-state index contributed by atoms with van der Waals surface area (Å²) in [6, 6.07) is 1.14. The maximum atomic E-state index is 13.0. The predicted molar refractivity (Wildman–Crippen MR) is 90.9 cm³/mol. The maximum Gasteiger partial charge on any atom is 0.276 e. The van der Waals surface area contributed by atoms with E-state index in [0.717, 1.165) is 39.0 Å². The first-order chi connectivity index (χ1) is 11.7. The third-order valence-corrected chi connectivity index (χ3v) is 5.86. The average molecular weight is 332 g/mol. The van der Waals surface area contributed by atoms with Gasteiger partial charge in [-0.05, 0) is 52.2 Å². The van der Waals surface area contributed by atoms with E-state index in [2.05, 4.69) is 27.5 Å². The van der Waals surface area contributed by atoms with Crippen LogP contribution in [0.4, 0.5) is 0 Å². The van der Waals surface area contributed by atoms with Crippen LogP contribution in [-0.2, 0) is 0 Å². The van der Waals surface area contributed by atoms with Crippen molar-refractivity contribution in [2.45, 2.75) is 57.2 Å². The van der Waals surface area contributed by atoms with Crippen LogP contribution in [0, 0.1) is 0 Å². The highest BCUT2D eigenvalue weighted by Gasteiger charge is 2.36. The molecule has 1 N–H and O–H groups in total. The largest absolute Gasteiger partial charge is 0.332 e. The van der Waals surface area contributed by atoms with Crippen LogP contribution in [0.25, 0.3) is 0 Å². The van der Waals surface area contributed by atoms with Crippen LogP contribution in [0.5, 0.6) is 0 Å². The molecule has 0 bridgehead atoms. The van der Waals surface area contributed by atoms with Crippen LogP contribution in [0.1, 0.15) is 55.6 Å². The van der Waals surface area contributed by atoms with E-state index in [1.807, 2.05) is 15.8 Å². The number of hydrogen-bond donors (Lipinski definition) is 1. The lowest BCUT2D eigenvalue weighted by atomic mass is 9.97. The fourth-order valence-corrected chi connectivity index (χ4v) is 4.41. The Morgan fingerprint density at radius 3 is 2.83 bits per heavy atom. The molecule has 7 nitrogen and oxygen atoms in total. The number of carbonyl (C=O) groups is 1. The zero-order valence-corrected chi connectivity index (χ0v) is 14.5. The lowest BCUT2D eigenvalue weighted by Crippen LogP contribution is -2.60. The molecule has 1 aromatic heterocycles. The molecule has 3 aliphatic rings. The van der Waals surface area contributed by atoms with Crippen molar-refractivity contribution in [3.05, 3.63) is 11.9 Å². The molecule has 1 amide bonds. The van der Waals surface area contributed by atoms with Crippen LogP contribution in [0.2, 0.25) is 0 Å². The highest BCUT2D eigenvalue weighted by molar-refractivity contribution is 5.92. The van der Waals surface area contributed by atoms with E-state index in [1.54, 1.807) is 0 Å². The molecule has 0 aliphatic carbocycles. The SMILES string of the molecule is CC1CN2CCCCC2CN1C(=O)c1cn(C2CCNCC2)nn1. The van der Waals surface area contributed by atoms with Gasteiger partial charge in [0.1, 0.15) is 0 Å². The Labute approximate surface area is 143 Å². The molecule has 0 radical (unpaired) electrons. The Morgan fingerprint density at radius 2 is 2.00 bits per heavy atom. The number of nitrogens with zero attached hydrogens (tertiary/aromatic N) is 5. The van der Waals surface area contributed by atoms with Crippen molar-refractivity contribution < 1.29 is 4.79 Å². The van der Waals surface area contributed by atoms with Crippen molar-refractivity contribution in [2.75, 3.05) is 32.7 Å². The molecule has 0 aromatic carbocycles. The first-order valence-electron chi connectivity index (χ1n) is 9.40. The average Bonchev–Trinajstić information content (AvgIpc) is 3.11. The number of hydrogen-bond acceptors (Lipinski definition) is 5. The summed E-state index contributed by atoms with van der Waals surface area (Å²) in [4.78, 5) is 17.5. The van der Waals surface area contributed by atoms with Gasteiger partial charge in [-0.15, -0.1) is 5.10 Å². The van der Waals surface area contributed by atoms with E-state index in [-0.39, 0.29) is 11.9 Å². The summed E-state index contributed by atoms with van der Waals surface area (Å²) >= 11 is 0. The first kappa shape index (κ1) is 16.0. The molecule has 4 rings (SSSR count). The highest BCUT2D eigenvalue weighted by atomic mass is 16.2. The number of fused-ring (bicyclic) bond motifs is 1. The van der Waals surface area contributed by atoms with E-state index in [1.165, 1.54) is 25.8 Å². The number of nitrogens with one attached hydrogen (secondary N) is 1. The molecule has 3 fully saturated rings. The number of carbonyl (C=O) groups excluding carboxylic acids is 1. The van der Waals surface area contributed by atoms with E-state index < -0.39 is 0 Å². The van der Waals surface area contributed by atoms with Gasteiger partial charge in [0.05, 0.1) is 12.2 Å². The number of rotatable bonds is 2. The van der Waals surface area contributed by atoms with Crippen LogP contribution >= 0.6 is 0 Å². The maximum absolute atomic E-state index is 13.0. The molecule has 4 heterocycles. The molecule has 132 valence electrons. The van der Waals surface area contributed by atoms with Gasteiger partial charge in [0.15, 0.2) is 5.69 Å². The summed E-state index contributed by atoms with van der Waals surface area (Å²) in [6.45, 7) is 7.17. The molecule has 0 spiro atoms. The quantitative estimate of drug-likeness (QED) is 0.872. The van der Waals surface area contributed by atoms with E-state index in [0.29, 0.717) is 17.8 Å². The summed E-state index contributed by atoms with van der Waals surface area (Å²) in [6.07, 6.45) is 7.74. The second-order valence-corrected chi connectivity index (χ2v) is 7.52. The molecule has 7 heteroatoms. The number of aromatic nitrogens is 3. The Morgan fingerprint density at radius 1 is 1.17 bits per heavy atom. The topological polar surface area (TPSA) is 66.3 Å². The smallest absolute Gasteiger partial charge is 0.276 e. The van der Waals surface area contributed by atoms with Gasteiger partial charge >= 0.3 is 0 Å². The van der Waals surface area contributed by atoms with E-state index in [4.69, 9.17) is 0 Å². The zero-order valence-electron chi connectivity index (χ0n) is 14.5. The molecular formula is C17H28N6O. The van der Waals surface area contributed by atoms with Gasteiger partial charge in [0.25, 0.3) is 5.91 Å². The van der Waals surface area contributed by atoms with Crippen molar-refractivity contribution in [1.82, 2.24) is 30.1 Å². The zero-order chi connectivity index (χ0) is 16.5. The van der Waals surface area contributed by atoms with Crippen LogP contribution in [-0.4, -0.2) is 75.5 Å². The van der Waals surface area contributed by atoms with Crippen molar-refractivity contribution in [2.24, 2.45) is 0 Å². The Kier molecular flexibility index (Phi) is 4.54. The second kappa shape index (κ2) is 6.80. The molecule has 0 saturated carbocycles. The normalized spacial score (nSPS) is 29.5. The second-order valence-electron chi connectivity index (χ2n) is 7.52. The lowest BCUT2D eigenvalue weighted by molar-refractivity contribution is 0.0148. The minimum absolute atomic E-state index is 0.0490. The summed E-state index contributed by atoms with van der Waals surface area (Å²) in [7, 11) is 0. The molecule has 2 atom stereocenters. The van der Waals surface area contributed by atoms with Crippen LogP contribution in [0.3, 0.4) is 0 Å². The lowest BCUT2D eigenvalue weighted by Gasteiger charge is -2.47. The number of amides is 1. The first-order valence-corrected chi connectivity index (χ1v) is 9.40. The summed E-state index contributed by atoms with van der Waals surface area (Å²) in [5, 5.41) is 11.8. The third kappa shape index (κ3) is 3.07. The van der Waals surface area contributed by atoms with Gasteiger partial charge in [-0.1, -0.05) is 11.6 Å². The summed E-state index contributed by atoms with van der Waals surface area (Å²) in [5.74, 6) is 0.0490. The van der Waals surface area contributed by atoms with Gasteiger partial charge in [0, 0.05) is 25.2 Å². The minimum Gasteiger partial charge on any atom is -0.332 e. The minimum atomic E-state index is 0.0490. The number of piperazine rings is 1. The molecule has 1 aromatic rings. The van der Waals surface area contributed by atoms with Gasteiger partial charge in [-0.2, -0.15) is 0 Å². The van der Waals surface area contributed by atoms with E-state index >= 15 is 0 Å². The fourth-order valence-electron chi connectivity index (χ4n) is 4.41. The highest BCUT2D eigenvalue weighted by Crippen LogP contribution is 2.25. The fraction of sp³-hybridized carbons (Fsp3) is 0.824. The van der Waals surface area contributed by atoms with Crippen molar-refractivity contribution in [1.29, 1.82) is 0 Å². The molecule has 3 aliphatic heterocycles. The summed E-state index contributed by atoms with van der Waals surface area (Å²) in [5.41, 5.74) is 0.504. The van der Waals surface area contributed by atoms with Crippen LogP contribution in [0.15, 0.2) is 6.20 Å². The van der Waals surface area contributed by atoms with Crippen molar-refractivity contribution in [3.63, 3.8) is 0 Å². The van der Waals surface area contributed by atoms with Crippen LogP contribution < -0.4 is 5.32 Å². The molecule has 2 unspecified atom stereocenters. The van der Waals surface area contributed by atoms with Crippen molar-refractivity contribution in [3.8, 4) is 0 Å². The molecular weight excluding hydrogens is 304 g/mol. The Balaban J connectivity index is 1.45. The molecule has 3 saturated heterocycles. The van der Waals surface area contributed by atoms with Gasteiger partial charge in [0.2, 0.25) is 0 Å². The third-order valence-electron chi connectivity index (χ3n) is 5.86. The molecule has 24 heavy (non-hydrogen) atoms. The predicted octanol–water partition coefficient (Wildman–Crippen LogP) is 0.901. The standard InChI is InChI=1S/C17H28N6O/c1-13-10-21-9-3-2-4-15(21)11-22(13)17(24)16-12-23(20-19-16)14-5-7-18-8-6-14/h12-15,18H,2-11H2,1H3.